The lowest BCUT2D eigenvalue weighted by Crippen LogP contribution is -2.41. The van der Waals surface area contributed by atoms with E-state index in [9.17, 15) is 0 Å². The van der Waals surface area contributed by atoms with Crippen LogP contribution in [-0.4, -0.2) is 20.3 Å². The summed E-state index contributed by atoms with van der Waals surface area (Å²) >= 11 is 5.52. The minimum Gasteiger partial charge on any atom is -0.413 e. The van der Waals surface area contributed by atoms with Gasteiger partial charge in [0, 0.05) is 5.37 Å². The maximum Gasteiger partial charge on any atom is 0.192 e. The lowest BCUT2D eigenvalue weighted by molar-refractivity contribution is 0.323. The van der Waals surface area contributed by atoms with Crippen molar-refractivity contribution < 1.29 is 4.43 Å². The molecule has 1 nitrogen and oxygen atoms in total. The summed E-state index contributed by atoms with van der Waals surface area (Å²) in [6.07, 6.45) is 2.31. The highest BCUT2D eigenvalue weighted by atomic mass is 32.1. The third kappa shape index (κ3) is 5.17. The molecule has 0 unspecified atom stereocenters. The van der Waals surface area contributed by atoms with Gasteiger partial charge in [-0.2, -0.15) is 0 Å². The number of hydrogen-bond acceptors (Lipinski definition) is 2. The fourth-order valence-electron chi connectivity index (χ4n) is 3.72. The lowest BCUT2D eigenvalue weighted by Gasteiger charge is -2.37. The second kappa shape index (κ2) is 10.1. The fraction of sp³-hybridized carbons (Fsp3) is 0.276. The van der Waals surface area contributed by atoms with Crippen molar-refractivity contribution >= 4 is 25.9 Å². The van der Waals surface area contributed by atoms with E-state index in [2.05, 4.69) is 131 Å². The average Bonchev–Trinajstić information content (AvgIpc) is 2.80. The van der Waals surface area contributed by atoms with Gasteiger partial charge in [0.05, 0.1) is 12.0 Å². The highest BCUT2D eigenvalue weighted by Crippen LogP contribution is 2.42. The molecular weight excluding hydrogens is 424 g/mol. The molecule has 3 aromatic rings. The van der Waals surface area contributed by atoms with Crippen LogP contribution in [-0.2, 0) is 9.84 Å². The van der Waals surface area contributed by atoms with Crippen LogP contribution in [0.1, 0.15) is 37.5 Å². The van der Waals surface area contributed by atoms with Gasteiger partial charge in [0.2, 0.25) is 0 Å². The van der Waals surface area contributed by atoms with Crippen molar-refractivity contribution in [2.75, 3.05) is 6.61 Å². The minimum absolute atomic E-state index is 0.148. The minimum atomic E-state index is -1.90. The van der Waals surface area contributed by atoms with Crippen LogP contribution in [0, 0.1) is 0 Å². The SMILES string of the molecule is CC(C)(C)[Si](C)(C)OCC(C=S)=CC(c1ccccc1)(c1ccccc1)c1ccccc1. The first-order chi connectivity index (χ1) is 15.2. The Morgan fingerprint density at radius 1 is 0.750 bits per heavy atom. The summed E-state index contributed by atoms with van der Waals surface area (Å²) in [5.74, 6) is 0. The van der Waals surface area contributed by atoms with Gasteiger partial charge in [-0.15, -0.1) is 0 Å². The van der Waals surface area contributed by atoms with Gasteiger partial charge in [0.25, 0.3) is 0 Å². The third-order valence-electron chi connectivity index (χ3n) is 6.65. The molecule has 0 saturated heterocycles. The maximum atomic E-state index is 6.57. The average molecular weight is 459 g/mol. The Morgan fingerprint density at radius 2 is 1.12 bits per heavy atom. The summed E-state index contributed by atoms with van der Waals surface area (Å²) in [4.78, 5) is 0. The summed E-state index contributed by atoms with van der Waals surface area (Å²) in [5, 5.41) is 1.94. The molecule has 0 bridgehead atoms. The summed E-state index contributed by atoms with van der Waals surface area (Å²) in [6.45, 7) is 11.9. The van der Waals surface area contributed by atoms with Gasteiger partial charge in [-0.1, -0.05) is 130 Å². The molecule has 0 amide bonds. The third-order valence-corrected chi connectivity index (χ3v) is 11.4. The first kappa shape index (κ1) is 24.3. The molecule has 0 saturated carbocycles. The summed E-state index contributed by atoms with van der Waals surface area (Å²) in [7, 11) is -1.90. The molecule has 3 heteroatoms. The second-order valence-corrected chi connectivity index (χ2v) is 14.8. The van der Waals surface area contributed by atoms with Crippen LogP contribution in [0.2, 0.25) is 18.1 Å². The van der Waals surface area contributed by atoms with Gasteiger partial charge >= 0.3 is 0 Å². The molecule has 3 aromatic carbocycles. The number of allylic oxidation sites excluding steroid dienone is 1. The van der Waals surface area contributed by atoms with E-state index < -0.39 is 13.7 Å². The van der Waals surface area contributed by atoms with Crippen LogP contribution in [0.5, 0.6) is 0 Å². The number of rotatable bonds is 8. The van der Waals surface area contributed by atoms with E-state index in [-0.39, 0.29) is 5.04 Å². The zero-order chi connectivity index (χ0) is 23.2. The van der Waals surface area contributed by atoms with E-state index in [1.54, 1.807) is 5.37 Å². The van der Waals surface area contributed by atoms with Gasteiger partial charge < -0.3 is 4.43 Å². The van der Waals surface area contributed by atoms with Crippen LogP contribution in [0.4, 0.5) is 0 Å². The zero-order valence-corrected chi connectivity index (χ0v) is 21.7. The van der Waals surface area contributed by atoms with Gasteiger partial charge in [-0.3, -0.25) is 0 Å². The van der Waals surface area contributed by atoms with E-state index in [1.807, 2.05) is 0 Å². The predicted molar refractivity (Wildman–Crippen MR) is 144 cm³/mol. The first-order valence-corrected chi connectivity index (χ1v) is 14.6. The Hall–Kier alpha value is -2.33. The predicted octanol–water partition coefficient (Wildman–Crippen LogP) is 7.97. The van der Waals surface area contributed by atoms with E-state index in [1.165, 1.54) is 16.7 Å². The zero-order valence-electron chi connectivity index (χ0n) is 19.8. The van der Waals surface area contributed by atoms with Gasteiger partial charge in [0.1, 0.15) is 0 Å². The number of thiocarbonyl (C=S) groups is 1. The first-order valence-electron chi connectivity index (χ1n) is 11.2. The normalized spacial score (nSPS) is 13.1. The summed E-state index contributed by atoms with van der Waals surface area (Å²) < 4.78 is 6.57. The Kier molecular flexibility index (Phi) is 7.66. The second-order valence-electron chi connectivity index (χ2n) is 9.79. The number of benzene rings is 3. The summed E-state index contributed by atoms with van der Waals surface area (Å²) in [5.41, 5.74) is 4.18. The highest BCUT2D eigenvalue weighted by Gasteiger charge is 2.38. The van der Waals surface area contributed by atoms with Crippen molar-refractivity contribution in [3.05, 3.63) is 119 Å². The van der Waals surface area contributed by atoms with Gasteiger partial charge in [-0.25, -0.2) is 0 Å². The van der Waals surface area contributed by atoms with E-state index in [4.69, 9.17) is 16.6 Å². The van der Waals surface area contributed by atoms with E-state index in [0.717, 1.165) is 5.57 Å². The van der Waals surface area contributed by atoms with Crippen molar-refractivity contribution in [2.45, 2.75) is 44.3 Å². The van der Waals surface area contributed by atoms with Crippen LogP contribution in [0.25, 0.3) is 0 Å². The van der Waals surface area contributed by atoms with Crippen molar-refractivity contribution in [1.82, 2.24) is 0 Å². The van der Waals surface area contributed by atoms with Gasteiger partial charge in [-0.05, 0) is 40.4 Å². The monoisotopic (exact) mass is 458 g/mol. The Balaban J connectivity index is 2.21. The topological polar surface area (TPSA) is 9.23 Å². The molecule has 32 heavy (non-hydrogen) atoms. The molecule has 0 radical (unpaired) electrons. The van der Waals surface area contributed by atoms with Crippen LogP contribution in [0.3, 0.4) is 0 Å². The molecule has 3 rings (SSSR count). The van der Waals surface area contributed by atoms with Crippen molar-refractivity contribution in [3.63, 3.8) is 0 Å². The number of hydrogen-bond donors (Lipinski definition) is 0. The fourth-order valence-corrected chi connectivity index (χ4v) is 4.82. The van der Waals surface area contributed by atoms with Crippen LogP contribution < -0.4 is 0 Å². The Morgan fingerprint density at radius 3 is 1.44 bits per heavy atom. The molecule has 0 fully saturated rings. The molecular formula is C29H34OSSi. The smallest absolute Gasteiger partial charge is 0.192 e. The van der Waals surface area contributed by atoms with Gasteiger partial charge in [0.15, 0.2) is 8.32 Å². The standard InChI is InChI=1S/C29H34OSSi/c1-28(2,3)32(4,5)30-22-24(23-31)21-29(25-15-9-6-10-16-25,26-17-11-7-12-18-26)27-19-13-8-14-20-27/h6-21,23H,22H2,1-5H3. The van der Waals surface area contributed by atoms with Crippen LogP contribution in [0.15, 0.2) is 103 Å². The van der Waals surface area contributed by atoms with Crippen molar-refractivity contribution in [1.29, 1.82) is 0 Å². The largest absolute Gasteiger partial charge is 0.413 e. The molecule has 0 aliphatic heterocycles. The van der Waals surface area contributed by atoms with E-state index >= 15 is 0 Å². The molecule has 0 N–H and O–H groups in total. The van der Waals surface area contributed by atoms with E-state index in [0.29, 0.717) is 6.61 Å². The molecule has 0 aliphatic carbocycles. The molecule has 0 heterocycles. The van der Waals surface area contributed by atoms with Crippen molar-refractivity contribution in [2.24, 2.45) is 0 Å². The lowest BCUT2D eigenvalue weighted by atomic mass is 9.68. The maximum absolute atomic E-state index is 6.57. The molecule has 0 spiro atoms. The summed E-state index contributed by atoms with van der Waals surface area (Å²) in [6, 6.07) is 32.0. The molecule has 166 valence electrons. The van der Waals surface area contributed by atoms with Crippen molar-refractivity contribution in [3.8, 4) is 0 Å². The Bertz CT molecular complexity index is 938. The highest BCUT2D eigenvalue weighted by molar-refractivity contribution is 7.79. The quantitative estimate of drug-likeness (QED) is 0.146. The molecule has 0 aliphatic rings. The Labute approximate surface area is 200 Å². The molecule has 0 aromatic heterocycles. The van der Waals surface area contributed by atoms with Crippen LogP contribution >= 0.6 is 12.2 Å². The molecule has 0 atom stereocenters.